The first kappa shape index (κ1) is 16.4. The number of unbranched alkanes of at least 4 members (excludes halogenated alkanes) is 1. The van der Waals surface area contributed by atoms with Crippen molar-refractivity contribution in [2.75, 3.05) is 0 Å². The Balaban J connectivity index is 0. The van der Waals surface area contributed by atoms with Crippen molar-refractivity contribution in [2.45, 2.75) is 33.1 Å². The van der Waals surface area contributed by atoms with E-state index < -0.39 is 23.8 Å². The molecule has 0 aromatic heterocycles. The Kier molecular flexibility index (Phi) is 9.67. The van der Waals surface area contributed by atoms with Crippen LogP contribution in [-0.2, 0) is 9.59 Å². The quantitative estimate of drug-likeness (QED) is 0.643. The molecule has 0 aromatic carbocycles. The second-order valence-corrected chi connectivity index (χ2v) is 3.21. The van der Waals surface area contributed by atoms with Crippen LogP contribution in [0.15, 0.2) is 0 Å². The van der Waals surface area contributed by atoms with Gasteiger partial charge in [0, 0.05) is 0 Å². The number of carboxylic acids is 2. The van der Waals surface area contributed by atoms with Crippen LogP contribution in [0.5, 0.6) is 0 Å². The summed E-state index contributed by atoms with van der Waals surface area (Å²) in [7, 11) is 0. The molecule has 0 saturated heterocycles. The standard InChI is InChI=1S/C9H16O4.Na.H/c1-3-4-5-7(9(12)13)6(2)8(10)11;;/h6-7H,3-5H2,1-2H3,(H,10,11)(H,12,13);;. The summed E-state index contributed by atoms with van der Waals surface area (Å²) < 4.78 is 0. The van der Waals surface area contributed by atoms with E-state index in [0.29, 0.717) is 6.42 Å². The molecule has 0 aromatic rings. The Bertz CT molecular complexity index is 193. The molecule has 0 heterocycles. The van der Waals surface area contributed by atoms with Gasteiger partial charge in [0.05, 0.1) is 11.8 Å². The average Bonchev–Trinajstić information content (AvgIpc) is 2.04. The van der Waals surface area contributed by atoms with E-state index in [2.05, 4.69) is 0 Å². The molecule has 2 N–H and O–H groups in total. The van der Waals surface area contributed by atoms with E-state index in [0.717, 1.165) is 12.8 Å². The van der Waals surface area contributed by atoms with Crippen LogP contribution in [0.25, 0.3) is 0 Å². The Morgan fingerprint density at radius 1 is 1.21 bits per heavy atom. The van der Waals surface area contributed by atoms with Crippen LogP contribution in [0, 0.1) is 11.8 Å². The molecule has 0 rings (SSSR count). The van der Waals surface area contributed by atoms with E-state index >= 15 is 0 Å². The number of carbonyl (C=O) groups is 2. The number of hydrogen-bond donors (Lipinski definition) is 2. The Morgan fingerprint density at radius 2 is 1.71 bits per heavy atom. The van der Waals surface area contributed by atoms with Crippen molar-refractivity contribution in [2.24, 2.45) is 11.8 Å². The van der Waals surface area contributed by atoms with Gasteiger partial charge in [-0.2, -0.15) is 0 Å². The normalized spacial score (nSPS) is 13.9. The first-order valence-electron chi connectivity index (χ1n) is 4.46. The second kappa shape index (κ2) is 8.26. The Labute approximate surface area is 106 Å². The summed E-state index contributed by atoms with van der Waals surface area (Å²) in [6.45, 7) is 3.39. The molecule has 0 aliphatic heterocycles. The molecule has 2 atom stereocenters. The summed E-state index contributed by atoms with van der Waals surface area (Å²) in [5.74, 6) is -3.60. The summed E-state index contributed by atoms with van der Waals surface area (Å²) in [5, 5.41) is 17.4. The van der Waals surface area contributed by atoms with Crippen molar-refractivity contribution in [3.63, 3.8) is 0 Å². The molecule has 78 valence electrons. The number of rotatable bonds is 6. The Morgan fingerprint density at radius 3 is 2.00 bits per heavy atom. The molecule has 14 heavy (non-hydrogen) atoms. The fourth-order valence-electron chi connectivity index (χ4n) is 1.18. The monoisotopic (exact) mass is 212 g/mol. The number of aliphatic carboxylic acids is 2. The van der Waals surface area contributed by atoms with Crippen LogP contribution in [0.2, 0.25) is 0 Å². The third kappa shape index (κ3) is 5.62. The molecular weight excluding hydrogens is 195 g/mol. The molecule has 0 amide bonds. The van der Waals surface area contributed by atoms with Gasteiger partial charge in [-0.15, -0.1) is 0 Å². The van der Waals surface area contributed by atoms with Gasteiger partial charge < -0.3 is 10.2 Å². The van der Waals surface area contributed by atoms with Gasteiger partial charge in [0.1, 0.15) is 0 Å². The van der Waals surface area contributed by atoms with Gasteiger partial charge in [0.2, 0.25) is 0 Å². The fourth-order valence-corrected chi connectivity index (χ4v) is 1.18. The molecule has 0 spiro atoms. The molecular formula is C9H17NaO4. The number of carboxylic acid groups (broad SMARTS) is 2. The van der Waals surface area contributed by atoms with E-state index in [9.17, 15) is 9.59 Å². The molecule has 5 heteroatoms. The third-order valence-electron chi connectivity index (χ3n) is 2.18. The van der Waals surface area contributed by atoms with Gasteiger partial charge >= 0.3 is 41.5 Å². The summed E-state index contributed by atoms with van der Waals surface area (Å²) in [5.41, 5.74) is 0. The first-order valence-corrected chi connectivity index (χ1v) is 4.46. The molecule has 0 radical (unpaired) electrons. The van der Waals surface area contributed by atoms with Crippen LogP contribution in [0.1, 0.15) is 33.1 Å². The predicted molar refractivity (Wildman–Crippen MR) is 54.6 cm³/mol. The van der Waals surface area contributed by atoms with Crippen molar-refractivity contribution in [3.05, 3.63) is 0 Å². The van der Waals surface area contributed by atoms with Crippen molar-refractivity contribution >= 4 is 41.5 Å². The molecule has 0 bridgehead atoms. The Hall–Kier alpha value is -0.0600. The van der Waals surface area contributed by atoms with E-state index in [4.69, 9.17) is 10.2 Å². The zero-order valence-electron chi connectivity index (χ0n) is 7.99. The first-order chi connectivity index (χ1) is 6.00. The SMILES string of the molecule is CCCCC(C(=O)O)C(C)C(=O)O.[NaH]. The van der Waals surface area contributed by atoms with Gasteiger partial charge in [-0.05, 0) is 6.42 Å². The summed E-state index contributed by atoms with van der Waals surface area (Å²) >= 11 is 0. The maximum absolute atomic E-state index is 10.7. The van der Waals surface area contributed by atoms with Gasteiger partial charge in [-0.1, -0.05) is 26.7 Å². The summed E-state index contributed by atoms with van der Waals surface area (Å²) in [6, 6.07) is 0. The molecule has 4 nitrogen and oxygen atoms in total. The van der Waals surface area contributed by atoms with Gasteiger partial charge in [-0.25, -0.2) is 0 Å². The van der Waals surface area contributed by atoms with E-state index in [1.807, 2.05) is 6.92 Å². The zero-order chi connectivity index (χ0) is 10.4. The van der Waals surface area contributed by atoms with Crippen molar-refractivity contribution in [1.82, 2.24) is 0 Å². The average molecular weight is 212 g/mol. The minimum absolute atomic E-state index is 0. The van der Waals surface area contributed by atoms with Gasteiger partial charge in [0.25, 0.3) is 0 Å². The molecule has 0 aliphatic rings. The van der Waals surface area contributed by atoms with Crippen molar-refractivity contribution in [3.8, 4) is 0 Å². The predicted octanol–water partition coefficient (Wildman–Crippen LogP) is 0.950. The van der Waals surface area contributed by atoms with Crippen LogP contribution in [0.3, 0.4) is 0 Å². The van der Waals surface area contributed by atoms with Crippen LogP contribution in [0.4, 0.5) is 0 Å². The topological polar surface area (TPSA) is 74.6 Å². The molecule has 2 unspecified atom stereocenters. The number of hydrogen-bond acceptors (Lipinski definition) is 2. The van der Waals surface area contributed by atoms with Crippen molar-refractivity contribution in [1.29, 1.82) is 0 Å². The minimum atomic E-state index is -1.04. The van der Waals surface area contributed by atoms with Gasteiger partial charge in [-0.3, -0.25) is 9.59 Å². The second-order valence-electron chi connectivity index (χ2n) is 3.21. The van der Waals surface area contributed by atoms with E-state index in [1.54, 1.807) is 0 Å². The van der Waals surface area contributed by atoms with Crippen LogP contribution >= 0.6 is 0 Å². The van der Waals surface area contributed by atoms with Crippen molar-refractivity contribution < 1.29 is 19.8 Å². The van der Waals surface area contributed by atoms with E-state index in [1.165, 1.54) is 6.92 Å². The maximum atomic E-state index is 10.7. The zero-order valence-corrected chi connectivity index (χ0v) is 7.99. The van der Waals surface area contributed by atoms with Gasteiger partial charge in [0.15, 0.2) is 0 Å². The third-order valence-corrected chi connectivity index (χ3v) is 2.18. The van der Waals surface area contributed by atoms with Crippen LogP contribution < -0.4 is 0 Å². The summed E-state index contributed by atoms with van der Waals surface area (Å²) in [6.07, 6.45) is 2.09. The van der Waals surface area contributed by atoms with E-state index in [-0.39, 0.29) is 29.6 Å². The fraction of sp³-hybridized carbons (Fsp3) is 0.778. The molecule has 0 fully saturated rings. The molecule has 0 saturated carbocycles. The van der Waals surface area contributed by atoms with Crippen LogP contribution in [-0.4, -0.2) is 51.7 Å². The molecule has 0 aliphatic carbocycles. The summed E-state index contributed by atoms with van der Waals surface area (Å²) in [4.78, 5) is 21.2.